The maximum Gasteiger partial charge on any atom is 0.141 e. The summed E-state index contributed by atoms with van der Waals surface area (Å²) in [5.74, 6) is 1.11. The van der Waals surface area contributed by atoms with Crippen molar-refractivity contribution >= 4 is 17.4 Å². The molecule has 0 saturated heterocycles. The van der Waals surface area contributed by atoms with Crippen LogP contribution in [0, 0.1) is 5.82 Å². The summed E-state index contributed by atoms with van der Waals surface area (Å²) in [6.07, 6.45) is 0. The Morgan fingerprint density at radius 1 is 1.17 bits per heavy atom. The van der Waals surface area contributed by atoms with Crippen LogP contribution in [0.25, 0.3) is 11.1 Å². The third-order valence-electron chi connectivity index (χ3n) is 3.71. The van der Waals surface area contributed by atoms with Gasteiger partial charge in [0.05, 0.1) is 23.7 Å². The van der Waals surface area contributed by atoms with Crippen LogP contribution < -0.4 is 10.1 Å². The van der Waals surface area contributed by atoms with E-state index in [0.29, 0.717) is 13.2 Å². The summed E-state index contributed by atoms with van der Waals surface area (Å²) in [6, 6.07) is 10.5. The van der Waals surface area contributed by atoms with Gasteiger partial charge in [0.15, 0.2) is 0 Å². The van der Waals surface area contributed by atoms with Crippen LogP contribution >= 0.6 is 11.6 Å². The van der Waals surface area contributed by atoms with E-state index in [0.717, 1.165) is 41.4 Å². The van der Waals surface area contributed by atoms with Crippen molar-refractivity contribution in [2.75, 3.05) is 33.4 Å². The molecule has 1 N–H and O–H groups in total. The molecule has 126 valence electrons. The molecule has 0 aliphatic carbocycles. The predicted molar refractivity (Wildman–Crippen MR) is 93.6 cm³/mol. The summed E-state index contributed by atoms with van der Waals surface area (Å²) in [5, 5.41) is 3.36. The Hall–Kier alpha value is -2.11. The lowest BCUT2D eigenvalue weighted by Gasteiger charge is -2.14. The molecular weight excluding hydrogens is 331 g/mol. The quantitative estimate of drug-likeness (QED) is 0.812. The van der Waals surface area contributed by atoms with Crippen molar-refractivity contribution in [3.8, 4) is 16.9 Å². The number of nitrogens with one attached hydrogen (secondary N) is 1. The molecule has 0 spiro atoms. The number of halogens is 2. The van der Waals surface area contributed by atoms with Gasteiger partial charge in [-0.15, -0.1) is 0 Å². The first kappa shape index (κ1) is 16.7. The standard InChI is InChI=1S/C18H18ClFN2O2/c1-23-8-9-24-17-5-3-12(10-14(17)18-21-6-7-22-18)13-2-4-16(20)15(19)11-13/h2-5,10-11H,6-9H2,1H3,(H,21,22). The van der Waals surface area contributed by atoms with Gasteiger partial charge in [0.2, 0.25) is 0 Å². The highest BCUT2D eigenvalue weighted by Gasteiger charge is 2.15. The van der Waals surface area contributed by atoms with E-state index >= 15 is 0 Å². The second-order valence-corrected chi connectivity index (χ2v) is 5.75. The molecule has 0 fully saturated rings. The lowest BCUT2D eigenvalue weighted by Crippen LogP contribution is -2.20. The van der Waals surface area contributed by atoms with Crippen molar-refractivity contribution in [3.05, 3.63) is 52.8 Å². The Kier molecular flexibility index (Phi) is 5.33. The molecule has 3 rings (SSSR count). The highest BCUT2D eigenvalue weighted by Crippen LogP contribution is 2.30. The van der Waals surface area contributed by atoms with Gasteiger partial charge in [0, 0.05) is 13.7 Å². The number of benzene rings is 2. The molecule has 1 heterocycles. The smallest absolute Gasteiger partial charge is 0.141 e. The van der Waals surface area contributed by atoms with Crippen LogP contribution in [0.4, 0.5) is 4.39 Å². The first-order chi connectivity index (χ1) is 11.7. The molecule has 0 unspecified atom stereocenters. The number of hydrogen-bond donors (Lipinski definition) is 1. The first-order valence-electron chi connectivity index (χ1n) is 7.69. The largest absolute Gasteiger partial charge is 0.490 e. The zero-order chi connectivity index (χ0) is 16.9. The Bertz CT molecular complexity index is 765. The van der Waals surface area contributed by atoms with Crippen molar-refractivity contribution in [1.29, 1.82) is 0 Å². The fraction of sp³-hybridized carbons (Fsp3) is 0.278. The second-order valence-electron chi connectivity index (χ2n) is 5.34. The minimum absolute atomic E-state index is 0.103. The monoisotopic (exact) mass is 348 g/mol. The molecule has 0 atom stereocenters. The van der Waals surface area contributed by atoms with Crippen LogP contribution in [0.2, 0.25) is 5.02 Å². The van der Waals surface area contributed by atoms with Gasteiger partial charge in [0.1, 0.15) is 24.0 Å². The third kappa shape index (κ3) is 3.68. The van der Waals surface area contributed by atoms with E-state index in [1.54, 1.807) is 19.2 Å². The Morgan fingerprint density at radius 3 is 2.67 bits per heavy atom. The van der Waals surface area contributed by atoms with Crippen molar-refractivity contribution in [2.24, 2.45) is 4.99 Å². The molecule has 0 bridgehead atoms. The van der Waals surface area contributed by atoms with Crippen LogP contribution in [0.3, 0.4) is 0 Å². The molecule has 2 aromatic rings. The minimum atomic E-state index is -0.429. The molecule has 24 heavy (non-hydrogen) atoms. The number of hydrogen-bond acceptors (Lipinski definition) is 4. The normalized spacial score (nSPS) is 13.5. The molecule has 4 nitrogen and oxygen atoms in total. The van der Waals surface area contributed by atoms with E-state index in [2.05, 4.69) is 10.3 Å². The molecule has 1 aliphatic heterocycles. The number of amidine groups is 1. The summed E-state index contributed by atoms with van der Waals surface area (Å²) in [4.78, 5) is 4.47. The average Bonchev–Trinajstić information content (AvgIpc) is 3.12. The lowest BCUT2D eigenvalue weighted by atomic mass is 10.0. The van der Waals surface area contributed by atoms with Gasteiger partial charge >= 0.3 is 0 Å². The summed E-state index contributed by atoms with van der Waals surface area (Å²) >= 11 is 5.90. The molecule has 1 aliphatic rings. The second kappa shape index (κ2) is 7.64. The Balaban J connectivity index is 1.96. The predicted octanol–water partition coefficient (Wildman–Crippen LogP) is 3.52. The van der Waals surface area contributed by atoms with Gasteiger partial charge < -0.3 is 14.8 Å². The van der Waals surface area contributed by atoms with Gasteiger partial charge in [-0.25, -0.2) is 4.39 Å². The lowest BCUT2D eigenvalue weighted by molar-refractivity contribution is 0.146. The van der Waals surface area contributed by atoms with Crippen molar-refractivity contribution in [1.82, 2.24) is 5.32 Å². The van der Waals surface area contributed by atoms with Crippen LogP contribution in [-0.2, 0) is 4.74 Å². The van der Waals surface area contributed by atoms with Crippen LogP contribution in [0.1, 0.15) is 5.56 Å². The van der Waals surface area contributed by atoms with Crippen LogP contribution in [0.15, 0.2) is 41.4 Å². The Morgan fingerprint density at radius 2 is 1.96 bits per heavy atom. The van der Waals surface area contributed by atoms with E-state index < -0.39 is 5.82 Å². The molecule has 0 aromatic heterocycles. The average molecular weight is 349 g/mol. The van der Waals surface area contributed by atoms with Gasteiger partial charge in [-0.1, -0.05) is 23.7 Å². The van der Waals surface area contributed by atoms with Crippen LogP contribution in [-0.4, -0.2) is 39.2 Å². The highest BCUT2D eigenvalue weighted by atomic mass is 35.5. The van der Waals surface area contributed by atoms with Crippen molar-refractivity contribution in [2.45, 2.75) is 0 Å². The molecule has 0 radical (unpaired) electrons. The molecule has 6 heteroatoms. The fourth-order valence-electron chi connectivity index (χ4n) is 2.51. The van der Waals surface area contributed by atoms with E-state index in [-0.39, 0.29) is 5.02 Å². The zero-order valence-electron chi connectivity index (χ0n) is 13.3. The van der Waals surface area contributed by atoms with E-state index in [1.807, 2.05) is 18.2 Å². The van der Waals surface area contributed by atoms with E-state index in [9.17, 15) is 4.39 Å². The molecule has 0 saturated carbocycles. The van der Waals surface area contributed by atoms with Gasteiger partial charge in [0.25, 0.3) is 0 Å². The zero-order valence-corrected chi connectivity index (χ0v) is 14.1. The van der Waals surface area contributed by atoms with E-state index in [1.165, 1.54) is 6.07 Å². The topological polar surface area (TPSA) is 42.9 Å². The SMILES string of the molecule is COCCOc1ccc(-c2ccc(F)c(Cl)c2)cc1C1=NCCN1. The number of aliphatic imine (C=N–C) groups is 1. The summed E-state index contributed by atoms with van der Waals surface area (Å²) in [5.41, 5.74) is 2.63. The number of methoxy groups -OCH3 is 1. The van der Waals surface area contributed by atoms with Gasteiger partial charge in [-0.05, 0) is 35.4 Å². The van der Waals surface area contributed by atoms with E-state index in [4.69, 9.17) is 21.1 Å². The Labute approximate surface area is 145 Å². The van der Waals surface area contributed by atoms with Gasteiger partial charge in [-0.2, -0.15) is 0 Å². The highest BCUT2D eigenvalue weighted by molar-refractivity contribution is 6.31. The molecule has 2 aromatic carbocycles. The molecule has 0 amide bonds. The van der Waals surface area contributed by atoms with Crippen LogP contribution in [0.5, 0.6) is 5.75 Å². The number of ether oxygens (including phenoxy) is 2. The van der Waals surface area contributed by atoms with Gasteiger partial charge in [-0.3, -0.25) is 4.99 Å². The summed E-state index contributed by atoms with van der Waals surface area (Å²) in [6.45, 7) is 2.51. The van der Waals surface area contributed by atoms with Crippen molar-refractivity contribution < 1.29 is 13.9 Å². The minimum Gasteiger partial charge on any atom is -0.490 e. The molecular formula is C18H18ClFN2O2. The number of rotatable bonds is 6. The summed E-state index contributed by atoms with van der Waals surface area (Å²) < 4.78 is 24.2. The summed E-state index contributed by atoms with van der Waals surface area (Å²) in [7, 11) is 1.63. The maximum absolute atomic E-state index is 13.4. The fourth-order valence-corrected chi connectivity index (χ4v) is 2.69. The maximum atomic E-state index is 13.4. The number of nitrogens with zero attached hydrogens (tertiary/aromatic N) is 1. The van der Waals surface area contributed by atoms with Crippen molar-refractivity contribution in [3.63, 3.8) is 0 Å². The third-order valence-corrected chi connectivity index (χ3v) is 4.00. The first-order valence-corrected chi connectivity index (χ1v) is 8.07.